The molecule has 12 heteroatoms. The van der Waals surface area contributed by atoms with Crippen LogP contribution in [0.25, 0.3) is 11.2 Å². The number of aryl methyl sites for hydroxylation is 2. The Kier molecular flexibility index (Phi) is 5.76. The molecule has 3 rings (SSSR count). The minimum Gasteiger partial charge on any atom is -0.493 e. The number of rotatable bonds is 7. The highest BCUT2D eigenvalue weighted by Gasteiger charge is 2.31. The quantitative estimate of drug-likeness (QED) is 0.533. The molecule has 2 heterocycles. The summed E-state index contributed by atoms with van der Waals surface area (Å²) < 4.78 is 55.0. The smallest absolute Gasteiger partial charge is 0.493 e. The zero-order valence-electron chi connectivity index (χ0n) is 16.4. The van der Waals surface area contributed by atoms with Crippen LogP contribution in [0.5, 0.6) is 17.5 Å². The molecule has 0 atom stereocenters. The maximum atomic E-state index is 12.3. The van der Waals surface area contributed by atoms with Gasteiger partial charge in [0.15, 0.2) is 11.2 Å². The summed E-state index contributed by atoms with van der Waals surface area (Å²) in [5.74, 6) is 0.0475. The predicted octanol–water partition coefficient (Wildman–Crippen LogP) is 1.72. The lowest BCUT2D eigenvalue weighted by atomic mass is 10.3. The summed E-state index contributed by atoms with van der Waals surface area (Å²) in [5.41, 5.74) is -0.499. The molecule has 0 spiro atoms. The summed E-state index contributed by atoms with van der Waals surface area (Å²) >= 11 is 0. The van der Waals surface area contributed by atoms with E-state index in [1.54, 1.807) is 7.05 Å². The van der Waals surface area contributed by atoms with Gasteiger partial charge in [-0.05, 0) is 24.3 Å². The third-order valence-corrected chi connectivity index (χ3v) is 4.28. The Balaban J connectivity index is 1.56. The Hall–Kier alpha value is -3.44. The van der Waals surface area contributed by atoms with E-state index in [1.807, 2.05) is 0 Å². The molecule has 9 nitrogen and oxygen atoms in total. The number of imidazole rings is 1. The third-order valence-electron chi connectivity index (χ3n) is 4.28. The van der Waals surface area contributed by atoms with Crippen molar-refractivity contribution in [2.24, 2.45) is 21.1 Å². The minimum atomic E-state index is -4.74. The van der Waals surface area contributed by atoms with Crippen molar-refractivity contribution in [3.8, 4) is 17.5 Å². The number of aromatic nitrogens is 4. The zero-order valence-corrected chi connectivity index (χ0v) is 16.4. The van der Waals surface area contributed by atoms with Gasteiger partial charge in [-0.15, -0.1) is 13.2 Å². The van der Waals surface area contributed by atoms with Crippen molar-refractivity contribution in [3.63, 3.8) is 0 Å². The van der Waals surface area contributed by atoms with E-state index in [4.69, 9.17) is 9.47 Å². The number of benzene rings is 1. The molecular weight excluding hydrogens is 409 g/mol. The second-order valence-corrected chi connectivity index (χ2v) is 6.40. The second-order valence-electron chi connectivity index (χ2n) is 6.40. The highest BCUT2D eigenvalue weighted by molar-refractivity contribution is 5.71. The standard InChI is InChI=1S/C18H19F3N4O5/c1-23-13-14(24(2)17(27)25(3)15(13)26)22-16(23)29-10-4-9-28-11-5-7-12(8-6-11)30-18(19,20)21/h5-8H,4,9-10H2,1-3H3. The number of ether oxygens (including phenoxy) is 3. The monoisotopic (exact) mass is 428 g/mol. The van der Waals surface area contributed by atoms with Crippen molar-refractivity contribution in [1.82, 2.24) is 18.7 Å². The van der Waals surface area contributed by atoms with Gasteiger partial charge in [0, 0.05) is 27.6 Å². The van der Waals surface area contributed by atoms with Crippen LogP contribution in [0.15, 0.2) is 33.9 Å². The van der Waals surface area contributed by atoms with E-state index in [2.05, 4.69) is 9.72 Å². The number of halogens is 3. The van der Waals surface area contributed by atoms with Gasteiger partial charge in [-0.1, -0.05) is 0 Å². The molecular formula is C18H19F3N4O5. The van der Waals surface area contributed by atoms with Crippen LogP contribution >= 0.6 is 0 Å². The van der Waals surface area contributed by atoms with E-state index >= 15 is 0 Å². The second kappa shape index (κ2) is 8.13. The van der Waals surface area contributed by atoms with Crippen molar-refractivity contribution in [2.45, 2.75) is 12.8 Å². The van der Waals surface area contributed by atoms with E-state index in [0.29, 0.717) is 12.2 Å². The molecule has 0 unspecified atom stereocenters. The van der Waals surface area contributed by atoms with Gasteiger partial charge in [0.2, 0.25) is 0 Å². The average molecular weight is 428 g/mol. The molecule has 1 aromatic carbocycles. The molecule has 162 valence electrons. The molecule has 0 saturated heterocycles. The van der Waals surface area contributed by atoms with Crippen LogP contribution in [0.2, 0.25) is 0 Å². The molecule has 0 aliphatic rings. The number of nitrogens with zero attached hydrogens (tertiary/aromatic N) is 4. The first-order valence-corrected chi connectivity index (χ1v) is 8.82. The summed E-state index contributed by atoms with van der Waals surface area (Å²) in [6.45, 7) is 0.449. The number of alkyl halides is 3. The lowest BCUT2D eigenvalue weighted by Gasteiger charge is -2.10. The minimum absolute atomic E-state index is 0.178. The molecule has 0 saturated carbocycles. The van der Waals surface area contributed by atoms with E-state index in [1.165, 1.54) is 35.4 Å². The van der Waals surface area contributed by atoms with Gasteiger partial charge >= 0.3 is 12.1 Å². The van der Waals surface area contributed by atoms with Crippen LogP contribution < -0.4 is 25.5 Å². The topological polar surface area (TPSA) is 89.5 Å². The molecule has 0 N–H and O–H groups in total. The van der Waals surface area contributed by atoms with Crippen LogP contribution in [0.4, 0.5) is 13.2 Å². The summed E-state index contributed by atoms with van der Waals surface area (Å²) in [6, 6.07) is 5.22. The highest BCUT2D eigenvalue weighted by Crippen LogP contribution is 2.24. The molecule has 0 radical (unpaired) electrons. The van der Waals surface area contributed by atoms with Crippen LogP contribution in [0.1, 0.15) is 6.42 Å². The molecule has 0 fully saturated rings. The van der Waals surface area contributed by atoms with E-state index < -0.39 is 17.6 Å². The molecule has 0 bridgehead atoms. The fourth-order valence-corrected chi connectivity index (χ4v) is 2.78. The Bertz CT molecular complexity index is 1160. The van der Waals surface area contributed by atoms with Crippen molar-refractivity contribution >= 4 is 11.2 Å². The molecule has 2 aromatic heterocycles. The third kappa shape index (κ3) is 4.42. The zero-order chi connectivity index (χ0) is 22.1. The fraction of sp³-hybridized carbons (Fsp3) is 0.389. The maximum absolute atomic E-state index is 12.3. The summed E-state index contributed by atoms with van der Waals surface area (Å²) in [7, 11) is 4.51. The SMILES string of the molecule is Cn1c(=O)c2c(nc(OCCCOc3ccc(OC(F)(F)F)cc3)n2C)n(C)c1=O. The Morgan fingerprint density at radius 2 is 1.50 bits per heavy atom. The highest BCUT2D eigenvalue weighted by atomic mass is 19.4. The molecule has 30 heavy (non-hydrogen) atoms. The van der Waals surface area contributed by atoms with Crippen LogP contribution in [-0.4, -0.2) is 38.3 Å². The first-order chi connectivity index (χ1) is 14.1. The van der Waals surface area contributed by atoms with Crippen LogP contribution in [0, 0.1) is 0 Å². The van der Waals surface area contributed by atoms with E-state index in [0.717, 1.165) is 16.7 Å². The summed E-state index contributed by atoms with van der Waals surface area (Å²) in [4.78, 5) is 28.5. The first kappa shape index (κ1) is 21.3. The normalized spacial score (nSPS) is 11.7. The predicted molar refractivity (Wildman–Crippen MR) is 99.9 cm³/mol. The summed E-state index contributed by atoms with van der Waals surface area (Å²) in [5, 5.41) is 0. The average Bonchev–Trinajstić information content (AvgIpc) is 3.01. The Morgan fingerprint density at radius 1 is 0.900 bits per heavy atom. The molecule has 0 aliphatic carbocycles. The van der Waals surface area contributed by atoms with Gasteiger partial charge in [0.25, 0.3) is 11.6 Å². The first-order valence-electron chi connectivity index (χ1n) is 8.82. The lowest BCUT2D eigenvalue weighted by molar-refractivity contribution is -0.274. The van der Waals surface area contributed by atoms with Gasteiger partial charge < -0.3 is 14.2 Å². The number of hydrogen-bond acceptors (Lipinski definition) is 6. The van der Waals surface area contributed by atoms with Crippen LogP contribution in [0.3, 0.4) is 0 Å². The molecule has 0 aliphatic heterocycles. The lowest BCUT2D eigenvalue weighted by Crippen LogP contribution is -2.37. The Morgan fingerprint density at radius 3 is 2.13 bits per heavy atom. The largest absolute Gasteiger partial charge is 0.573 e. The van der Waals surface area contributed by atoms with Crippen molar-refractivity contribution < 1.29 is 27.4 Å². The van der Waals surface area contributed by atoms with Crippen molar-refractivity contribution in [2.75, 3.05) is 13.2 Å². The van der Waals surface area contributed by atoms with E-state index in [9.17, 15) is 22.8 Å². The number of hydrogen-bond donors (Lipinski definition) is 0. The van der Waals surface area contributed by atoms with Crippen molar-refractivity contribution in [3.05, 3.63) is 45.1 Å². The maximum Gasteiger partial charge on any atom is 0.573 e. The van der Waals surface area contributed by atoms with Gasteiger partial charge in [-0.25, -0.2) is 4.79 Å². The van der Waals surface area contributed by atoms with Gasteiger partial charge in [0.05, 0.1) is 13.2 Å². The van der Waals surface area contributed by atoms with Crippen LogP contribution in [-0.2, 0) is 21.1 Å². The van der Waals surface area contributed by atoms with Gasteiger partial charge in [-0.2, -0.15) is 4.98 Å². The summed E-state index contributed by atoms with van der Waals surface area (Å²) in [6.07, 6.45) is -4.30. The van der Waals surface area contributed by atoms with Gasteiger partial charge in [0.1, 0.15) is 11.5 Å². The fourth-order valence-electron chi connectivity index (χ4n) is 2.78. The molecule has 0 amide bonds. The number of fused-ring (bicyclic) bond motifs is 1. The van der Waals surface area contributed by atoms with Gasteiger partial charge in [-0.3, -0.25) is 18.5 Å². The van der Waals surface area contributed by atoms with Crippen molar-refractivity contribution in [1.29, 1.82) is 0 Å². The Labute approximate surface area is 167 Å². The van der Waals surface area contributed by atoms with E-state index in [-0.39, 0.29) is 36.1 Å². The molecule has 3 aromatic rings.